The molecule has 2 aromatic rings. The van der Waals surface area contributed by atoms with Crippen LogP contribution < -0.4 is 5.32 Å². The van der Waals surface area contributed by atoms with Gasteiger partial charge in [0.1, 0.15) is 5.60 Å². The number of benzene rings is 1. The minimum Gasteiger partial charge on any atom is -0.436 e. The quantitative estimate of drug-likeness (QED) is 0.818. The molecule has 1 heterocycles. The Morgan fingerprint density at radius 3 is 2.35 bits per heavy atom. The van der Waals surface area contributed by atoms with Gasteiger partial charge in [-0.05, 0) is 52.3 Å². The predicted molar refractivity (Wildman–Crippen MR) is 96.8 cm³/mol. The first kappa shape index (κ1) is 20.2. The fourth-order valence-electron chi connectivity index (χ4n) is 2.09. The lowest BCUT2D eigenvalue weighted by atomic mass is 10.1. The van der Waals surface area contributed by atoms with E-state index in [2.05, 4.69) is 15.5 Å². The highest BCUT2D eigenvalue weighted by Crippen LogP contribution is 2.26. The molecule has 0 saturated carbocycles. The van der Waals surface area contributed by atoms with Crippen molar-refractivity contribution in [3.63, 3.8) is 0 Å². The molecule has 0 radical (unpaired) electrons. The number of carbonyl (C=O) groups is 1. The molecule has 2 N–H and O–H groups in total. The van der Waals surface area contributed by atoms with Gasteiger partial charge in [0.25, 0.3) is 5.89 Å². The van der Waals surface area contributed by atoms with Crippen molar-refractivity contribution < 1.29 is 19.1 Å². The SMILES string of the molecule is CC(C)(C)NC(=O)O[C@@H](Cc1ccc(Cl)cc1)c1nnc(C(C)(C)O)o1. The molecule has 0 bridgehead atoms. The Kier molecular flexibility index (Phi) is 5.93. The molecule has 8 heteroatoms. The van der Waals surface area contributed by atoms with Gasteiger partial charge in [-0.25, -0.2) is 4.79 Å². The van der Waals surface area contributed by atoms with Crippen molar-refractivity contribution in [2.24, 2.45) is 0 Å². The van der Waals surface area contributed by atoms with Crippen LogP contribution in [0.5, 0.6) is 0 Å². The van der Waals surface area contributed by atoms with E-state index in [1.165, 1.54) is 13.8 Å². The molecule has 1 atom stereocenters. The molecule has 0 aliphatic heterocycles. The highest BCUT2D eigenvalue weighted by atomic mass is 35.5. The number of aromatic nitrogens is 2. The van der Waals surface area contributed by atoms with E-state index in [-0.39, 0.29) is 11.8 Å². The zero-order valence-corrected chi connectivity index (χ0v) is 16.3. The number of amides is 1. The van der Waals surface area contributed by atoms with Gasteiger partial charge >= 0.3 is 6.09 Å². The zero-order valence-electron chi connectivity index (χ0n) is 15.5. The maximum atomic E-state index is 12.2. The fourth-order valence-corrected chi connectivity index (χ4v) is 2.22. The summed E-state index contributed by atoms with van der Waals surface area (Å²) in [6, 6.07) is 7.15. The van der Waals surface area contributed by atoms with Crippen LogP contribution in [0.4, 0.5) is 4.79 Å². The maximum Gasteiger partial charge on any atom is 0.408 e. The summed E-state index contributed by atoms with van der Waals surface area (Å²) in [5.74, 6) is 0.162. The first-order valence-corrected chi connectivity index (χ1v) is 8.61. The van der Waals surface area contributed by atoms with Crippen molar-refractivity contribution in [1.82, 2.24) is 15.5 Å². The highest BCUT2D eigenvalue weighted by Gasteiger charge is 2.29. The van der Waals surface area contributed by atoms with Gasteiger partial charge in [-0.2, -0.15) is 0 Å². The van der Waals surface area contributed by atoms with E-state index in [1.807, 2.05) is 32.9 Å². The van der Waals surface area contributed by atoms with Gasteiger partial charge in [0.2, 0.25) is 5.89 Å². The standard InChI is InChI=1S/C18H24ClN3O4/c1-17(2,3)20-16(23)25-13(10-11-6-8-12(19)9-7-11)14-21-22-15(26-14)18(4,5)24/h6-9,13,24H,10H2,1-5H3,(H,20,23)/t13-/m0/s1. The lowest BCUT2D eigenvalue weighted by molar-refractivity contribution is 0.0388. The number of rotatable bonds is 5. The van der Waals surface area contributed by atoms with Crippen molar-refractivity contribution >= 4 is 17.7 Å². The fraction of sp³-hybridized carbons (Fsp3) is 0.500. The third kappa shape index (κ3) is 6.00. The lowest BCUT2D eigenvalue weighted by Gasteiger charge is -2.22. The summed E-state index contributed by atoms with van der Waals surface area (Å²) in [5.41, 5.74) is -0.857. The average Bonchev–Trinajstić information content (AvgIpc) is 2.97. The first-order valence-electron chi connectivity index (χ1n) is 8.23. The largest absolute Gasteiger partial charge is 0.436 e. The zero-order chi connectivity index (χ0) is 19.5. The lowest BCUT2D eigenvalue weighted by Crippen LogP contribution is -2.41. The minimum atomic E-state index is -1.29. The maximum absolute atomic E-state index is 12.2. The van der Waals surface area contributed by atoms with Crippen LogP contribution >= 0.6 is 11.6 Å². The van der Waals surface area contributed by atoms with Gasteiger partial charge in [0.15, 0.2) is 6.10 Å². The van der Waals surface area contributed by atoms with Crippen molar-refractivity contribution in [2.45, 2.75) is 58.3 Å². The van der Waals surface area contributed by atoms with Crippen LogP contribution in [0.15, 0.2) is 28.7 Å². The molecule has 0 aliphatic carbocycles. The minimum absolute atomic E-state index is 0.0495. The second-order valence-corrected chi connectivity index (χ2v) is 8.04. The van der Waals surface area contributed by atoms with Gasteiger partial charge in [0, 0.05) is 17.0 Å². The molecule has 0 saturated heterocycles. The molecule has 0 spiro atoms. The number of nitrogens with one attached hydrogen (secondary N) is 1. The van der Waals surface area contributed by atoms with Gasteiger partial charge in [-0.15, -0.1) is 10.2 Å². The van der Waals surface area contributed by atoms with Crippen molar-refractivity contribution in [3.05, 3.63) is 46.6 Å². The average molecular weight is 382 g/mol. The summed E-state index contributed by atoms with van der Waals surface area (Å²) in [6.45, 7) is 8.61. The van der Waals surface area contributed by atoms with Gasteiger partial charge < -0.3 is 19.6 Å². The third-order valence-electron chi connectivity index (χ3n) is 3.30. The number of halogens is 1. The Balaban J connectivity index is 2.24. The Labute approximate surface area is 157 Å². The second-order valence-electron chi connectivity index (χ2n) is 7.60. The molecule has 26 heavy (non-hydrogen) atoms. The summed E-state index contributed by atoms with van der Waals surface area (Å²) in [7, 11) is 0. The van der Waals surface area contributed by atoms with E-state index >= 15 is 0 Å². The number of hydrogen-bond acceptors (Lipinski definition) is 6. The molecule has 2 rings (SSSR count). The van der Waals surface area contributed by atoms with E-state index in [0.29, 0.717) is 11.4 Å². The topological polar surface area (TPSA) is 97.5 Å². The van der Waals surface area contributed by atoms with E-state index in [4.69, 9.17) is 20.8 Å². The van der Waals surface area contributed by atoms with E-state index in [0.717, 1.165) is 5.56 Å². The molecule has 0 fully saturated rings. The molecule has 0 aliphatic rings. The first-order chi connectivity index (χ1) is 11.9. The number of carbonyl (C=O) groups excluding carboxylic acids is 1. The summed E-state index contributed by atoms with van der Waals surface area (Å²) in [4.78, 5) is 12.2. The van der Waals surface area contributed by atoms with Crippen LogP contribution in [-0.2, 0) is 16.8 Å². The van der Waals surface area contributed by atoms with Crippen LogP contribution in [-0.4, -0.2) is 26.9 Å². The van der Waals surface area contributed by atoms with Crippen molar-refractivity contribution in [3.8, 4) is 0 Å². The summed E-state index contributed by atoms with van der Waals surface area (Å²) in [5, 5.41) is 21.1. The number of nitrogens with zero attached hydrogens (tertiary/aromatic N) is 2. The van der Waals surface area contributed by atoms with Crippen LogP contribution in [0.1, 0.15) is 58.1 Å². The Morgan fingerprint density at radius 1 is 1.23 bits per heavy atom. The van der Waals surface area contributed by atoms with Gasteiger partial charge in [-0.1, -0.05) is 23.7 Å². The Bertz CT molecular complexity index is 745. The van der Waals surface area contributed by atoms with Gasteiger partial charge in [-0.3, -0.25) is 0 Å². The molecule has 7 nitrogen and oxygen atoms in total. The molecule has 142 valence electrons. The monoisotopic (exact) mass is 381 g/mol. The molecule has 1 aromatic heterocycles. The van der Waals surface area contributed by atoms with Crippen LogP contribution in [0, 0.1) is 0 Å². The van der Waals surface area contributed by atoms with Crippen LogP contribution in [0.3, 0.4) is 0 Å². The number of alkyl carbamates (subject to hydrolysis) is 1. The molecular formula is C18H24ClN3O4. The summed E-state index contributed by atoms with van der Waals surface area (Å²) in [6.07, 6.45) is -1.08. The van der Waals surface area contributed by atoms with Gasteiger partial charge in [0.05, 0.1) is 0 Å². The molecule has 1 aromatic carbocycles. The molecule has 0 unspecified atom stereocenters. The van der Waals surface area contributed by atoms with Crippen molar-refractivity contribution in [2.75, 3.05) is 0 Å². The predicted octanol–water partition coefficient (Wildman–Crippen LogP) is 3.76. The normalized spacial score (nSPS) is 13.3. The highest BCUT2D eigenvalue weighted by molar-refractivity contribution is 6.30. The third-order valence-corrected chi connectivity index (χ3v) is 3.55. The molecule has 1 amide bonds. The number of ether oxygens (including phenoxy) is 1. The van der Waals surface area contributed by atoms with Crippen molar-refractivity contribution in [1.29, 1.82) is 0 Å². The van der Waals surface area contributed by atoms with Crippen LogP contribution in [0.25, 0.3) is 0 Å². The Hall–Kier alpha value is -2.12. The summed E-state index contributed by atoms with van der Waals surface area (Å²) < 4.78 is 11.0. The summed E-state index contributed by atoms with van der Waals surface area (Å²) >= 11 is 5.91. The Morgan fingerprint density at radius 2 is 1.85 bits per heavy atom. The number of aliphatic hydroxyl groups is 1. The molecular weight excluding hydrogens is 358 g/mol. The van der Waals surface area contributed by atoms with E-state index in [9.17, 15) is 9.90 Å². The number of hydrogen-bond donors (Lipinski definition) is 2. The van der Waals surface area contributed by atoms with Crippen LogP contribution in [0.2, 0.25) is 5.02 Å². The van der Waals surface area contributed by atoms with E-state index < -0.39 is 23.3 Å². The van der Waals surface area contributed by atoms with E-state index in [1.54, 1.807) is 12.1 Å². The second kappa shape index (κ2) is 7.63. The smallest absolute Gasteiger partial charge is 0.408 e.